The van der Waals surface area contributed by atoms with E-state index in [4.69, 9.17) is 9.47 Å². The number of ether oxygens (including phenoxy) is 2. The van der Waals surface area contributed by atoms with Crippen molar-refractivity contribution in [3.8, 4) is 0 Å². The first kappa shape index (κ1) is 18.4. The van der Waals surface area contributed by atoms with Crippen molar-refractivity contribution in [1.29, 1.82) is 0 Å². The zero-order chi connectivity index (χ0) is 17.1. The lowest BCUT2D eigenvalue weighted by Gasteiger charge is -2.24. The fourth-order valence-corrected chi connectivity index (χ4v) is 1.89. The highest BCUT2D eigenvalue weighted by Crippen LogP contribution is 2.09. The molecule has 0 heterocycles. The number of hydrogen-bond donors (Lipinski definition) is 0. The van der Waals surface area contributed by atoms with Gasteiger partial charge in [-0.2, -0.15) is 0 Å². The molecule has 0 spiro atoms. The predicted octanol–water partition coefficient (Wildman–Crippen LogP) is 1.65. The molecule has 6 heteroatoms. The topological polar surface area (TPSA) is 72.9 Å². The molecule has 6 nitrogen and oxygen atoms in total. The molecule has 0 bridgehead atoms. The van der Waals surface area contributed by atoms with Crippen LogP contribution in [0.1, 0.15) is 19.4 Å². The highest BCUT2D eigenvalue weighted by Gasteiger charge is 2.11. The summed E-state index contributed by atoms with van der Waals surface area (Å²) in [6.45, 7) is 3.61. The summed E-state index contributed by atoms with van der Waals surface area (Å²) >= 11 is 0. The highest BCUT2D eigenvalue weighted by molar-refractivity contribution is 5.80. The standard InChI is InChI=1S/C17H21NO5/c1-14(20)22-10-8-18(9-11-23-15(2)21)17(13-19)12-16-6-4-3-5-7-16/h3-7,12-13H,8-11H2,1-2H3. The van der Waals surface area contributed by atoms with Crippen LogP contribution in [0.25, 0.3) is 6.08 Å². The fourth-order valence-electron chi connectivity index (χ4n) is 1.89. The van der Waals surface area contributed by atoms with E-state index >= 15 is 0 Å². The number of carbonyl (C=O) groups excluding carboxylic acids is 3. The number of benzene rings is 1. The molecule has 0 fully saturated rings. The fraction of sp³-hybridized carbons (Fsp3) is 0.353. The number of allylic oxidation sites excluding steroid dienone is 1. The van der Waals surface area contributed by atoms with Crippen LogP contribution >= 0.6 is 0 Å². The summed E-state index contributed by atoms with van der Waals surface area (Å²) in [4.78, 5) is 34.9. The quantitative estimate of drug-likeness (QED) is 0.391. The molecule has 0 aromatic heterocycles. The molecular formula is C17H21NO5. The first-order chi connectivity index (χ1) is 11.0. The Kier molecular flexibility index (Phi) is 8.13. The molecule has 124 valence electrons. The lowest BCUT2D eigenvalue weighted by Crippen LogP contribution is -2.32. The molecule has 0 atom stereocenters. The molecule has 0 radical (unpaired) electrons. The van der Waals surface area contributed by atoms with Gasteiger partial charge >= 0.3 is 11.9 Å². The second kappa shape index (κ2) is 10.2. The molecule has 0 aliphatic rings. The van der Waals surface area contributed by atoms with Crippen molar-refractivity contribution in [3.63, 3.8) is 0 Å². The van der Waals surface area contributed by atoms with Gasteiger partial charge in [-0.25, -0.2) is 0 Å². The van der Waals surface area contributed by atoms with Crippen LogP contribution in [0.2, 0.25) is 0 Å². The molecule has 0 aliphatic carbocycles. The van der Waals surface area contributed by atoms with E-state index in [0.29, 0.717) is 18.8 Å². The molecule has 23 heavy (non-hydrogen) atoms. The first-order valence-electron chi connectivity index (χ1n) is 7.26. The lowest BCUT2D eigenvalue weighted by atomic mass is 10.2. The predicted molar refractivity (Wildman–Crippen MR) is 85.3 cm³/mol. The summed E-state index contributed by atoms with van der Waals surface area (Å²) in [5, 5.41) is 0. The number of carbonyl (C=O) groups is 3. The zero-order valence-corrected chi connectivity index (χ0v) is 13.4. The Morgan fingerprint density at radius 3 is 1.96 bits per heavy atom. The van der Waals surface area contributed by atoms with Crippen LogP contribution in [0.3, 0.4) is 0 Å². The van der Waals surface area contributed by atoms with Gasteiger partial charge in [0.25, 0.3) is 0 Å². The van der Waals surface area contributed by atoms with Gasteiger partial charge in [0.05, 0.1) is 18.8 Å². The third kappa shape index (κ3) is 7.80. The van der Waals surface area contributed by atoms with Crippen molar-refractivity contribution in [3.05, 3.63) is 41.6 Å². The molecule has 0 unspecified atom stereocenters. The molecule has 1 aromatic carbocycles. The smallest absolute Gasteiger partial charge is 0.302 e. The summed E-state index contributed by atoms with van der Waals surface area (Å²) in [5.74, 6) is -0.769. The van der Waals surface area contributed by atoms with E-state index in [9.17, 15) is 14.4 Å². The maximum atomic E-state index is 11.4. The molecule has 0 amide bonds. The molecule has 0 aliphatic heterocycles. The molecule has 1 rings (SSSR count). The van der Waals surface area contributed by atoms with Gasteiger partial charge in [-0.1, -0.05) is 30.3 Å². The minimum atomic E-state index is -0.385. The van der Waals surface area contributed by atoms with Gasteiger partial charge in [0.1, 0.15) is 13.2 Å². The van der Waals surface area contributed by atoms with Gasteiger partial charge in [0, 0.05) is 13.8 Å². The lowest BCUT2D eigenvalue weighted by molar-refractivity contribution is -0.141. The summed E-state index contributed by atoms with van der Waals surface area (Å²) in [6, 6.07) is 9.38. The average molecular weight is 319 g/mol. The van der Waals surface area contributed by atoms with Gasteiger partial charge in [0.2, 0.25) is 0 Å². The molecule has 1 aromatic rings. The van der Waals surface area contributed by atoms with Crippen LogP contribution in [0.5, 0.6) is 0 Å². The first-order valence-corrected chi connectivity index (χ1v) is 7.26. The SMILES string of the molecule is CC(=O)OCCN(CCOC(C)=O)C(C=O)=Cc1ccccc1. The van der Waals surface area contributed by atoms with Crippen molar-refractivity contribution in [2.75, 3.05) is 26.3 Å². The van der Waals surface area contributed by atoms with E-state index in [2.05, 4.69) is 0 Å². The molecule has 0 N–H and O–H groups in total. The monoisotopic (exact) mass is 319 g/mol. The van der Waals surface area contributed by atoms with Gasteiger partial charge in [-0.3, -0.25) is 14.4 Å². The van der Waals surface area contributed by atoms with Gasteiger partial charge in [-0.05, 0) is 11.6 Å². The number of aldehydes is 1. The van der Waals surface area contributed by atoms with Gasteiger partial charge in [0.15, 0.2) is 6.29 Å². The summed E-state index contributed by atoms with van der Waals surface area (Å²) in [7, 11) is 0. The Labute approximate surface area is 135 Å². The van der Waals surface area contributed by atoms with E-state index in [-0.39, 0.29) is 25.2 Å². The Balaban J connectivity index is 2.80. The Hall–Kier alpha value is -2.63. The van der Waals surface area contributed by atoms with Crippen LogP contribution < -0.4 is 0 Å². The van der Waals surface area contributed by atoms with Crippen LogP contribution in [-0.4, -0.2) is 49.4 Å². The maximum Gasteiger partial charge on any atom is 0.302 e. The van der Waals surface area contributed by atoms with E-state index in [1.165, 1.54) is 13.8 Å². The summed E-state index contributed by atoms with van der Waals surface area (Å²) in [5.41, 5.74) is 1.30. The second-order valence-corrected chi connectivity index (χ2v) is 4.76. The van der Waals surface area contributed by atoms with E-state index < -0.39 is 0 Å². The minimum Gasteiger partial charge on any atom is -0.464 e. The van der Waals surface area contributed by atoms with Crippen molar-refractivity contribution >= 4 is 24.3 Å². The normalized spacial score (nSPS) is 10.8. The zero-order valence-electron chi connectivity index (χ0n) is 13.4. The largest absolute Gasteiger partial charge is 0.464 e. The van der Waals surface area contributed by atoms with Crippen molar-refractivity contribution < 1.29 is 23.9 Å². The van der Waals surface area contributed by atoms with Crippen molar-refractivity contribution in [2.24, 2.45) is 0 Å². The number of rotatable bonds is 9. The third-order valence-electron chi connectivity index (χ3n) is 2.93. The highest BCUT2D eigenvalue weighted by atomic mass is 16.5. The summed E-state index contributed by atoms with van der Waals surface area (Å²) < 4.78 is 9.83. The maximum absolute atomic E-state index is 11.4. The molecular weight excluding hydrogens is 298 g/mol. The van der Waals surface area contributed by atoms with E-state index in [1.54, 1.807) is 11.0 Å². The number of nitrogens with zero attached hydrogens (tertiary/aromatic N) is 1. The Bertz CT molecular complexity index is 533. The Morgan fingerprint density at radius 2 is 1.52 bits per heavy atom. The molecule has 0 saturated heterocycles. The second-order valence-electron chi connectivity index (χ2n) is 4.76. The number of hydrogen-bond acceptors (Lipinski definition) is 6. The number of esters is 2. The van der Waals surface area contributed by atoms with Gasteiger partial charge < -0.3 is 14.4 Å². The molecule has 0 saturated carbocycles. The minimum absolute atomic E-state index is 0.148. The van der Waals surface area contributed by atoms with Crippen LogP contribution in [0.15, 0.2) is 36.0 Å². The van der Waals surface area contributed by atoms with Crippen LogP contribution in [0, 0.1) is 0 Å². The van der Waals surface area contributed by atoms with E-state index in [1.807, 2.05) is 30.3 Å². The third-order valence-corrected chi connectivity index (χ3v) is 2.93. The van der Waals surface area contributed by atoms with Crippen molar-refractivity contribution in [1.82, 2.24) is 4.90 Å². The summed E-state index contributed by atoms with van der Waals surface area (Å²) in [6.07, 6.45) is 2.46. The van der Waals surface area contributed by atoms with Crippen molar-refractivity contribution in [2.45, 2.75) is 13.8 Å². The Morgan fingerprint density at radius 1 is 1.00 bits per heavy atom. The van der Waals surface area contributed by atoms with Crippen LogP contribution in [0.4, 0.5) is 0 Å². The van der Waals surface area contributed by atoms with Gasteiger partial charge in [-0.15, -0.1) is 0 Å². The van der Waals surface area contributed by atoms with Crippen LogP contribution in [-0.2, 0) is 23.9 Å². The van der Waals surface area contributed by atoms with E-state index in [0.717, 1.165) is 11.8 Å². The average Bonchev–Trinajstić information content (AvgIpc) is 2.51.